The van der Waals surface area contributed by atoms with Crippen molar-refractivity contribution in [1.82, 2.24) is 4.98 Å². The number of carbonyl (C=O) groups is 1. The van der Waals surface area contributed by atoms with Gasteiger partial charge in [-0.1, -0.05) is 29.8 Å². The minimum atomic E-state index is 0.0993. The van der Waals surface area contributed by atoms with Crippen LogP contribution >= 0.6 is 11.3 Å². The van der Waals surface area contributed by atoms with Gasteiger partial charge in [0.05, 0.1) is 28.3 Å². The summed E-state index contributed by atoms with van der Waals surface area (Å²) in [5.41, 5.74) is 3.19. The summed E-state index contributed by atoms with van der Waals surface area (Å²) in [6, 6.07) is 16.3. The van der Waals surface area contributed by atoms with Gasteiger partial charge in [0.25, 0.3) is 5.91 Å². The lowest BCUT2D eigenvalue weighted by atomic mass is 9.97. The molecule has 1 aliphatic heterocycles. The number of thiazole rings is 1. The average Bonchev–Trinajstić information content (AvgIpc) is 3.08. The number of hydrogen-bond acceptors (Lipinski definition) is 3. The molecular weight excluding hydrogens is 342 g/mol. The molecule has 2 heterocycles. The molecule has 1 saturated heterocycles. The number of anilines is 1. The zero-order chi connectivity index (χ0) is 17.9. The standard InChI is InChI=1S/C21H23N3OS/c1-15-6-8-17(9-7-15)22-20(25)14-24-12-10-16(11-13-24)21-23-18-4-2-3-5-19(18)26-21/h2-9,16H,10-14H2,1H3,(H,22,25)/p+1. The molecule has 1 aliphatic rings. The Kier molecular flexibility index (Phi) is 5.00. The molecule has 26 heavy (non-hydrogen) atoms. The SMILES string of the molecule is Cc1ccc(NC(=O)C[NH+]2CCC(c3nc4ccccc4s3)CC2)cc1. The second-order valence-corrected chi connectivity index (χ2v) is 8.20. The highest BCUT2D eigenvalue weighted by molar-refractivity contribution is 7.18. The summed E-state index contributed by atoms with van der Waals surface area (Å²) < 4.78 is 1.27. The molecule has 0 radical (unpaired) electrons. The molecule has 1 amide bonds. The summed E-state index contributed by atoms with van der Waals surface area (Å²) in [5, 5.41) is 4.27. The van der Waals surface area contributed by atoms with E-state index in [0.717, 1.165) is 37.1 Å². The molecule has 1 fully saturated rings. The normalized spacial score (nSPS) is 20.2. The summed E-state index contributed by atoms with van der Waals surface area (Å²) in [6.45, 7) is 4.65. The molecule has 0 spiro atoms. The Labute approximate surface area is 157 Å². The summed E-state index contributed by atoms with van der Waals surface area (Å²) >= 11 is 1.82. The minimum absolute atomic E-state index is 0.0993. The highest BCUT2D eigenvalue weighted by Crippen LogP contribution is 2.31. The highest BCUT2D eigenvalue weighted by atomic mass is 32.1. The Morgan fingerprint density at radius 3 is 2.62 bits per heavy atom. The number of amides is 1. The lowest BCUT2D eigenvalue weighted by Crippen LogP contribution is -3.14. The first-order valence-electron chi connectivity index (χ1n) is 9.23. The van der Waals surface area contributed by atoms with Crippen molar-refractivity contribution in [3.8, 4) is 0 Å². The predicted octanol–water partition coefficient (Wildman–Crippen LogP) is 3.01. The smallest absolute Gasteiger partial charge is 0.279 e. The van der Waals surface area contributed by atoms with Crippen LogP contribution in [0.25, 0.3) is 10.2 Å². The molecule has 1 aromatic heterocycles. The van der Waals surface area contributed by atoms with E-state index in [1.54, 1.807) is 0 Å². The van der Waals surface area contributed by atoms with Crippen molar-refractivity contribution >= 4 is 33.1 Å². The average molecular weight is 367 g/mol. The van der Waals surface area contributed by atoms with Crippen molar-refractivity contribution in [3.63, 3.8) is 0 Å². The van der Waals surface area contributed by atoms with Crippen LogP contribution in [0.3, 0.4) is 0 Å². The number of para-hydroxylation sites is 1. The van der Waals surface area contributed by atoms with Gasteiger partial charge in [0, 0.05) is 24.4 Å². The number of carbonyl (C=O) groups excluding carboxylic acids is 1. The fourth-order valence-corrected chi connectivity index (χ4v) is 4.72. The second kappa shape index (κ2) is 7.56. The largest absolute Gasteiger partial charge is 0.327 e. The van der Waals surface area contributed by atoms with E-state index in [1.165, 1.54) is 20.2 Å². The first kappa shape index (κ1) is 17.2. The third-order valence-electron chi connectivity index (χ3n) is 5.10. The Morgan fingerprint density at radius 1 is 1.15 bits per heavy atom. The number of nitrogens with one attached hydrogen (secondary N) is 2. The van der Waals surface area contributed by atoms with Gasteiger partial charge in [-0.25, -0.2) is 4.98 Å². The number of piperidine rings is 1. The van der Waals surface area contributed by atoms with Crippen molar-refractivity contribution in [2.45, 2.75) is 25.7 Å². The van der Waals surface area contributed by atoms with Gasteiger partial charge in [-0.15, -0.1) is 11.3 Å². The molecule has 0 saturated carbocycles. The van der Waals surface area contributed by atoms with Crippen molar-refractivity contribution in [1.29, 1.82) is 0 Å². The Hall–Kier alpha value is -2.24. The molecule has 2 N–H and O–H groups in total. The van der Waals surface area contributed by atoms with E-state index in [4.69, 9.17) is 4.98 Å². The van der Waals surface area contributed by atoms with Gasteiger partial charge in [0.15, 0.2) is 6.54 Å². The predicted molar refractivity (Wildman–Crippen MR) is 107 cm³/mol. The van der Waals surface area contributed by atoms with E-state index < -0.39 is 0 Å². The zero-order valence-corrected chi connectivity index (χ0v) is 15.8. The quantitative estimate of drug-likeness (QED) is 0.746. The van der Waals surface area contributed by atoms with Crippen LogP contribution in [0.4, 0.5) is 5.69 Å². The number of fused-ring (bicyclic) bond motifs is 1. The Morgan fingerprint density at radius 2 is 1.88 bits per heavy atom. The lowest BCUT2D eigenvalue weighted by Gasteiger charge is -2.27. The molecule has 4 rings (SSSR count). The third-order valence-corrected chi connectivity index (χ3v) is 6.30. The Bertz CT molecular complexity index is 862. The molecule has 3 aromatic rings. The molecule has 0 bridgehead atoms. The molecule has 0 atom stereocenters. The van der Waals surface area contributed by atoms with Crippen molar-refractivity contribution in [2.24, 2.45) is 0 Å². The molecule has 0 unspecified atom stereocenters. The van der Waals surface area contributed by atoms with E-state index in [9.17, 15) is 4.79 Å². The number of aromatic nitrogens is 1. The van der Waals surface area contributed by atoms with Gasteiger partial charge in [0.2, 0.25) is 0 Å². The van der Waals surface area contributed by atoms with Gasteiger partial charge in [0.1, 0.15) is 0 Å². The molecule has 0 aliphatic carbocycles. The number of hydrogen-bond donors (Lipinski definition) is 2. The van der Waals surface area contributed by atoms with E-state index in [1.807, 2.05) is 48.6 Å². The van der Waals surface area contributed by atoms with Crippen LogP contribution in [-0.2, 0) is 4.79 Å². The minimum Gasteiger partial charge on any atom is -0.327 e. The summed E-state index contributed by atoms with van der Waals surface area (Å²) in [5.74, 6) is 0.638. The van der Waals surface area contributed by atoms with Crippen LogP contribution in [0.1, 0.15) is 29.3 Å². The number of likely N-dealkylation sites (tertiary alicyclic amines) is 1. The van der Waals surface area contributed by atoms with Crippen LogP contribution in [0.2, 0.25) is 0 Å². The summed E-state index contributed by atoms with van der Waals surface area (Å²) in [7, 11) is 0. The van der Waals surface area contributed by atoms with Crippen LogP contribution in [-0.4, -0.2) is 30.5 Å². The maximum Gasteiger partial charge on any atom is 0.279 e. The second-order valence-electron chi connectivity index (χ2n) is 7.14. The van der Waals surface area contributed by atoms with Crippen LogP contribution in [0.5, 0.6) is 0 Å². The van der Waals surface area contributed by atoms with E-state index in [0.29, 0.717) is 12.5 Å². The van der Waals surface area contributed by atoms with Gasteiger partial charge in [-0.05, 0) is 31.2 Å². The van der Waals surface area contributed by atoms with Crippen molar-refractivity contribution < 1.29 is 9.69 Å². The lowest BCUT2D eigenvalue weighted by molar-refractivity contribution is -0.897. The fourth-order valence-electron chi connectivity index (χ4n) is 3.58. The first-order chi connectivity index (χ1) is 12.7. The summed E-state index contributed by atoms with van der Waals surface area (Å²) in [4.78, 5) is 18.5. The maximum absolute atomic E-state index is 12.3. The fraction of sp³-hybridized carbons (Fsp3) is 0.333. The van der Waals surface area contributed by atoms with Crippen LogP contribution < -0.4 is 10.2 Å². The highest BCUT2D eigenvalue weighted by Gasteiger charge is 2.27. The van der Waals surface area contributed by atoms with Gasteiger partial charge in [-0.3, -0.25) is 4.79 Å². The van der Waals surface area contributed by atoms with E-state index in [-0.39, 0.29) is 5.91 Å². The molecule has 4 nitrogen and oxygen atoms in total. The number of quaternary nitrogens is 1. The van der Waals surface area contributed by atoms with Gasteiger partial charge >= 0.3 is 0 Å². The topological polar surface area (TPSA) is 46.4 Å². The molecular formula is C21H24N3OS+. The number of rotatable bonds is 4. The molecule has 5 heteroatoms. The van der Waals surface area contributed by atoms with E-state index in [2.05, 4.69) is 23.5 Å². The van der Waals surface area contributed by atoms with E-state index >= 15 is 0 Å². The maximum atomic E-state index is 12.3. The summed E-state index contributed by atoms with van der Waals surface area (Å²) in [6.07, 6.45) is 2.21. The monoisotopic (exact) mass is 366 g/mol. The van der Waals surface area contributed by atoms with Gasteiger partial charge < -0.3 is 10.2 Å². The van der Waals surface area contributed by atoms with Gasteiger partial charge in [-0.2, -0.15) is 0 Å². The number of benzene rings is 2. The first-order valence-corrected chi connectivity index (χ1v) is 10.0. The zero-order valence-electron chi connectivity index (χ0n) is 15.0. The molecule has 134 valence electrons. The Balaban J connectivity index is 1.30. The van der Waals surface area contributed by atoms with Crippen molar-refractivity contribution in [2.75, 3.05) is 25.0 Å². The van der Waals surface area contributed by atoms with Crippen LogP contribution in [0, 0.1) is 6.92 Å². The number of aryl methyl sites for hydroxylation is 1. The number of nitrogens with zero attached hydrogens (tertiary/aromatic N) is 1. The third kappa shape index (κ3) is 3.94. The molecule has 2 aromatic carbocycles. The van der Waals surface area contributed by atoms with Crippen LogP contribution in [0.15, 0.2) is 48.5 Å². The van der Waals surface area contributed by atoms with Crippen molar-refractivity contribution in [3.05, 3.63) is 59.1 Å².